The first-order valence-corrected chi connectivity index (χ1v) is 26.8. The molecule has 0 saturated carbocycles. The molecule has 0 radical (unpaired) electrons. The molecular formula is C57H100O6. The summed E-state index contributed by atoms with van der Waals surface area (Å²) in [6, 6.07) is 0. The van der Waals surface area contributed by atoms with Crippen LogP contribution in [-0.2, 0) is 28.6 Å². The lowest BCUT2D eigenvalue weighted by atomic mass is 10.0. The van der Waals surface area contributed by atoms with E-state index in [2.05, 4.69) is 81.5 Å². The Balaban J connectivity index is 4.22. The quantitative estimate of drug-likeness (QED) is 0.0262. The number of allylic oxidation sites excluding steroid dienone is 10. The van der Waals surface area contributed by atoms with E-state index in [-0.39, 0.29) is 31.1 Å². The van der Waals surface area contributed by atoms with Crippen LogP contribution in [0.1, 0.15) is 265 Å². The highest BCUT2D eigenvalue weighted by Crippen LogP contribution is 2.16. The molecule has 1 atom stereocenters. The SMILES string of the molecule is CC/C=C\C/C=C\C/C=C\C/C=C\C/C=C\CCCCCC(=O)OC(COC(=O)CCCCCCCC)COC(=O)CCCCCCCCCCCCCCCCCCCCCC. The molecule has 0 spiro atoms. The van der Waals surface area contributed by atoms with Crippen LogP contribution in [0.2, 0.25) is 0 Å². The molecule has 6 nitrogen and oxygen atoms in total. The molecule has 0 rings (SSSR count). The third kappa shape index (κ3) is 50.0. The van der Waals surface area contributed by atoms with Crippen LogP contribution in [0.25, 0.3) is 0 Å². The first-order valence-electron chi connectivity index (χ1n) is 26.8. The molecule has 0 aliphatic heterocycles. The average Bonchev–Trinajstić information content (AvgIpc) is 3.28. The number of rotatable bonds is 48. The van der Waals surface area contributed by atoms with E-state index in [0.717, 1.165) is 96.3 Å². The summed E-state index contributed by atoms with van der Waals surface area (Å²) in [7, 11) is 0. The minimum Gasteiger partial charge on any atom is -0.462 e. The molecule has 0 fully saturated rings. The Hall–Kier alpha value is -2.89. The fourth-order valence-electron chi connectivity index (χ4n) is 7.53. The normalized spacial score (nSPS) is 12.5. The van der Waals surface area contributed by atoms with Gasteiger partial charge in [-0.25, -0.2) is 0 Å². The molecule has 0 aromatic rings. The van der Waals surface area contributed by atoms with Crippen LogP contribution < -0.4 is 0 Å². The fourth-order valence-corrected chi connectivity index (χ4v) is 7.53. The molecule has 6 heteroatoms. The van der Waals surface area contributed by atoms with Crippen molar-refractivity contribution in [3.05, 3.63) is 60.8 Å². The Morgan fingerprint density at radius 2 is 0.619 bits per heavy atom. The van der Waals surface area contributed by atoms with Gasteiger partial charge in [0, 0.05) is 19.3 Å². The van der Waals surface area contributed by atoms with Crippen LogP contribution in [0.15, 0.2) is 60.8 Å². The van der Waals surface area contributed by atoms with Crippen molar-refractivity contribution in [2.24, 2.45) is 0 Å². The number of unbranched alkanes of at least 4 members (excludes halogenated alkanes) is 27. The van der Waals surface area contributed by atoms with Gasteiger partial charge in [0.2, 0.25) is 0 Å². The number of carbonyl (C=O) groups is 3. The van der Waals surface area contributed by atoms with E-state index in [1.807, 2.05) is 0 Å². The van der Waals surface area contributed by atoms with Gasteiger partial charge < -0.3 is 14.2 Å². The summed E-state index contributed by atoms with van der Waals surface area (Å²) in [5, 5.41) is 0. The van der Waals surface area contributed by atoms with Gasteiger partial charge >= 0.3 is 17.9 Å². The second kappa shape index (κ2) is 51.7. The van der Waals surface area contributed by atoms with Crippen molar-refractivity contribution in [2.75, 3.05) is 13.2 Å². The average molecular weight is 881 g/mol. The van der Waals surface area contributed by atoms with E-state index < -0.39 is 6.10 Å². The van der Waals surface area contributed by atoms with Gasteiger partial charge in [0.1, 0.15) is 13.2 Å². The first kappa shape index (κ1) is 60.1. The molecule has 0 amide bonds. The Kier molecular flexibility index (Phi) is 49.4. The maximum absolute atomic E-state index is 12.8. The van der Waals surface area contributed by atoms with Crippen molar-refractivity contribution >= 4 is 17.9 Å². The standard InChI is InChI=1S/C57H100O6/c1-4-7-10-13-16-18-20-22-24-26-28-30-31-33-35-37-39-41-44-47-50-56(59)62-53-54(52-61-55(58)49-46-43-15-12-9-6-3)63-57(60)51-48-45-42-40-38-36-34-32-29-27-25-23-21-19-17-14-11-8-5-2/h8,11,17,19,23,25,29,32,36,38,54H,4-7,9-10,12-16,18,20-22,24,26-28,30-31,33-35,37,39-53H2,1-3H3/b11-8-,19-17-,25-23-,32-29-,38-36-. The van der Waals surface area contributed by atoms with Crippen LogP contribution in [0.5, 0.6) is 0 Å². The van der Waals surface area contributed by atoms with Gasteiger partial charge in [-0.1, -0.05) is 242 Å². The summed E-state index contributed by atoms with van der Waals surface area (Å²) >= 11 is 0. The summed E-state index contributed by atoms with van der Waals surface area (Å²) < 4.78 is 16.7. The van der Waals surface area contributed by atoms with Crippen LogP contribution in [0.4, 0.5) is 0 Å². The summed E-state index contributed by atoms with van der Waals surface area (Å²) in [5.41, 5.74) is 0. The maximum Gasteiger partial charge on any atom is 0.306 e. The Labute approximate surface area is 390 Å². The van der Waals surface area contributed by atoms with Crippen LogP contribution in [0.3, 0.4) is 0 Å². The van der Waals surface area contributed by atoms with Gasteiger partial charge in [-0.2, -0.15) is 0 Å². The highest BCUT2D eigenvalue weighted by molar-refractivity contribution is 5.71. The summed E-state index contributed by atoms with van der Waals surface area (Å²) in [6.07, 6.45) is 63.8. The van der Waals surface area contributed by atoms with Crippen LogP contribution >= 0.6 is 0 Å². The molecule has 0 aromatic heterocycles. The zero-order valence-corrected chi connectivity index (χ0v) is 41.6. The van der Waals surface area contributed by atoms with Crippen molar-refractivity contribution in [1.29, 1.82) is 0 Å². The molecule has 63 heavy (non-hydrogen) atoms. The van der Waals surface area contributed by atoms with Crippen LogP contribution in [-0.4, -0.2) is 37.2 Å². The summed E-state index contributed by atoms with van der Waals surface area (Å²) in [6.45, 7) is 6.46. The largest absolute Gasteiger partial charge is 0.462 e. The smallest absolute Gasteiger partial charge is 0.306 e. The van der Waals surface area contributed by atoms with Crippen molar-refractivity contribution in [3.63, 3.8) is 0 Å². The van der Waals surface area contributed by atoms with Crippen molar-refractivity contribution in [3.8, 4) is 0 Å². The molecule has 0 heterocycles. The lowest BCUT2D eigenvalue weighted by Crippen LogP contribution is -2.30. The minimum atomic E-state index is -0.786. The van der Waals surface area contributed by atoms with Gasteiger partial charge in [-0.05, 0) is 64.2 Å². The van der Waals surface area contributed by atoms with Crippen molar-refractivity contribution in [2.45, 2.75) is 271 Å². The number of hydrogen-bond acceptors (Lipinski definition) is 6. The van der Waals surface area contributed by atoms with E-state index in [0.29, 0.717) is 19.3 Å². The first-order chi connectivity index (χ1) is 31.0. The Morgan fingerprint density at radius 1 is 0.333 bits per heavy atom. The predicted molar refractivity (Wildman–Crippen MR) is 270 cm³/mol. The Bertz CT molecular complexity index is 1150. The van der Waals surface area contributed by atoms with E-state index in [1.165, 1.54) is 128 Å². The lowest BCUT2D eigenvalue weighted by Gasteiger charge is -2.18. The monoisotopic (exact) mass is 881 g/mol. The minimum absolute atomic E-state index is 0.0852. The van der Waals surface area contributed by atoms with Gasteiger partial charge in [-0.3, -0.25) is 14.4 Å². The molecule has 1 unspecified atom stereocenters. The van der Waals surface area contributed by atoms with E-state index in [4.69, 9.17) is 14.2 Å². The molecule has 364 valence electrons. The maximum atomic E-state index is 12.8. The molecular weight excluding hydrogens is 781 g/mol. The van der Waals surface area contributed by atoms with Crippen molar-refractivity contribution in [1.82, 2.24) is 0 Å². The molecule has 0 bridgehead atoms. The van der Waals surface area contributed by atoms with E-state index in [9.17, 15) is 14.4 Å². The van der Waals surface area contributed by atoms with Gasteiger partial charge in [-0.15, -0.1) is 0 Å². The third-order valence-corrected chi connectivity index (χ3v) is 11.5. The van der Waals surface area contributed by atoms with Crippen molar-refractivity contribution < 1.29 is 28.6 Å². The summed E-state index contributed by atoms with van der Waals surface area (Å²) in [4.78, 5) is 37.8. The van der Waals surface area contributed by atoms with E-state index >= 15 is 0 Å². The molecule has 0 saturated heterocycles. The summed E-state index contributed by atoms with van der Waals surface area (Å²) in [5.74, 6) is -0.920. The van der Waals surface area contributed by atoms with Gasteiger partial charge in [0.25, 0.3) is 0 Å². The zero-order valence-electron chi connectivity index (χ0n) is 41.6. The fraction of sp³-hybridized carbons (Fsp3) is 0.772. The number of esters is 3. The van der Waals surface area contributed by atoms with Crippen LogP contribution in [0, 0.1) is 0 Å². The number of ether oxygens (including phenoxy) is 3. The zero-order chi connectivity index (χ0) is 45.8. The highest BCUT2D eigenvalue weighted by atomic mass is 16.6. The molecule has 0 aliphatic rings. The predicted octanol–water partition coefficient (Wildman–Crippen LogP) is 17.6. The second-order valence-corrected chi connectivity index (χ2v) is 17.8. The third-order valence-electron chi connectivity index (χ3n) is 11.5. The van der Waals surface area contributed by atoms with Gasteiger partial charge in [0.05, 0.1) is 0 Å². The molecule has 0 aliphatic carbocycles. The Morgan fingerprint density at radius 3 is 0.968 bits per heavy atom. The van der Waals surface area contributed by atoms with E-state index in [1.54, 1.807) is 0 Å². The number of carbonyl (C=O) groups excluding carboxylic acids is 3. The molecule has 0 aromatic carbocycles. The second-order valence-electron chi connectivity index (χ2n) is 17.8. The topological polar surface area (TPSA) is 78.9 Å². The number of hydrogen-bond donors (Lipinski definition) is 0. The van der Waals surface area contributed by atoms with Gasteiger partial charge in [0.15, 0.2) is 6.10 Å². The molecule has 0 N–H and O–H groups in total. The highest BCUT2D eigenvalue weighted by Gasteiger charge is 2.19. The lowest BCUT2D eigenvalue weighted by molar-refractivity contribution is -0.167.